The molecule has 2 N–H and O–H groups in total. The van der Waals surface area contributed by atoms with Crippen molar-refractivity contribution in [2.45, 2.75) is 38.8 Å². The molecule has 0 aromatic carbocycles. The molecular formula is C14H20N4O3. The summed E-state index contributed by atoms with van der Waals surface area (Å²) >= 11 is 0. The van der Waals surface area contributed by atoms with E-state index in [2.05, 4.69) is 16.9 Å². The fraction of sp³-hybridized carbons (Fsp3) is 0.643. The summed E-state index contributed by atoms with van der Waals surface area (Å²) in [5.74, 6) is -0.340. The van der Waals surface area contributed by atoms with Gasteiger partial charge in [0.1, 0.15) is 6.04 Å². The highest BCUT2D eigenvalue weighted by Gasteiger charge is 2.38. The Balaban J connectivity index is 1.79. The third kappa shape index (κ3) is 2.59. The molecule has 1 unspecified atom stereocenters. The van der Waals surface area contributed by atoms with Gasteiger partial charge in [0.2, 0.25) is 0 Å². The number of hydrogen-bond acceptors (Lipinski definition) is 3. The van der Waals surface area contributed by atoms with Gasteiger partial charge >= 0.3 is 12.0 Å². The Kier molecular flexibility index (Phi) is 3.57. The molecule has 1 saturated heterocycles. The predicted octanol–water partition coefficient (Wildman–Crippen LogP) is 1.07. The standard InChI is InChI=1S/C14H20N4O3/c1-9-2-4-17(5-3-9)14(21)18-7-11-10(15-8-16-11)6-12(18)13(19)20/h8-9,12H,2-7H2,1H3,(H,15,16)(H,19,20). The minimum atomic E-state index is -0.970. The van der Waals surface area contributed by atoms with Crippen LogP contribution < -0.4 is 0 Å². The van der Waals surface area contributed by atoms with Crippen LogP contribution in [0.15, 0.2) is 6.33 Å². The second-order valence-corrected chi connectivity index (χ2v) is 5.97. The lowest BCUT2D eigenvalue weighted by Gasteiger charge is -2.38. The number of carbonyl (C=O) groups is 2. The summed E-state index contributed by atoms with van der Waals surface area (Å²) in [4.78, 5) is 34.5. The van der Waals surface area contributed by atoms with Crippen molar-refractivity contribution in [2.75, 3.05) is 13.1 Å². The Labute approximate surface area is 122 Å². The quantitative estimate of drug-likeness (QED) is 0.810. The minimum absolute atomic E-state index is 0.172. The molecule has 1 fully saturated rings. The van der Waals surface area contributed by atoms with Gasteiger partial charge in [-0.15, -0.1) is 0 Å². The lowest BCUT2D eigenvalue weighted by atomic mass is 9.99. The fourth-order valence-electron chi connectivity index (χ4n) is 3.04. The smallest absolute Gasteiger partial charge is 0.326 e. The molecule has 1 atom stereocenters. The summed E-state index contributed by atoms with van der Waals surface area (Å²) in [7, 11) is 0. The van der Waals surface area contributed by atoms with Crippen LogP contribution >= 0.6 is 0 Å². The molecule has 1 aromatic heterocycles. The van der Waals surface area contributed by atoms with Crippen LogP contribution in [0.25, 0.3) is 0 Å². The number of carbonyl (C=O) groups excluding carboxylic acids is 1. The van der Waals surface area contributed by atoms with Gasteiger partial charge in [-0.3, -0.25) is 0 Å². The van der Waals surface area contributed by atoms with Crippen molar-refractivity contribution in [3.05, 3.63) is 17.7 Å². The summed E-state index contributed by atoms with van der Waals surface area (Å²) in [5, 5.41) is 9.41. The highest BCUT2D eigenvalue weighted by Crippen LogP contribution is 2.24. The van der Waals surface area contributed by atoms with Crippen molar-refractivity contribution in [3.8, 4) is 0 Å². The van der Waals surface area contributed by atoms with E-state index in [-0.39, 0.29) is 19.0 Å². The molecule has 0 spiro atoms. The average molecular weight is 292 g/mol. The SMILES string of the molecule is CC1CCN(C(=O)N2Cc3[nH]cnc3CC2C(=O)O)CC1. The first-order valence-electron chi connectivity index (χ1n) is 7.35. The molecule has 7 heteroatoms. The number of carboxylic acid groups (broad SMARTS) is 1. The van der Waals surface area contributed by atoms with E-state index in [9.17, 15) is 14.7 Å². The van der Waals surface area contributed by atoms with Crippen LogP contribution in [0.5, 0.6) is 0 Å². The monoisotopic (exact) mass is 292 g/mol. The number of aromatic nitrogens is 2. The average Bonchev–Trinajstić information content (AvgIpc) is 2.93. The maximum absolute atomic E-state index is 12.7. The molecule has 0 saturated carbocycles. The number of urea groups is 1. The maximum atomic E-state index is 12.7. The lowest BCUT2D eigenvalue weighted by molar-refractivity contribution is -0.143. The van der Waals surface area contributed by atoms with E-state index >= 15 is 0 Å². The minimum Gasteiger partial charge on any atom is -0.480 e. The van der Waals surface area contributed by atoms with Gasteiger partial charge in [0.25, 0.3) is 0 Å². The van der Waals surface area contributed by atoms with Crippen molar-refractivity contribution in [2.24, 2.45) is 5.92 Å². The second kappa shape index (κ2) is 5.38. The van der Waals surface area contributed by atoms with Crippen LogP contribution in [0.3, 0.4) is 0 Å². The zero-order valence-corrected chi connectivity index (χ0v) is 12.1. The van der Waals surface area contributed by atoms with Crippen LogP contribution in [0.4, 0.5) is 4.79 Å². The van der Waals surface area contributed by atoms with Gasteiger partial charge in [-0.1, -0.05) is 6.92 Å². The molecule has 0 bridgehead atoms. The zero-order valence-electron chi connectivity index (χ0n) is 12.1. The summed E-state index contributed by atoms with van der Waals surface area (Å²) in [6.45, 7) is 3.88. The second-order valence-electron chi connectivity index (χ2n) is 5.97. The van der Waals surface area contributed by atoms with Gasteiger partial charge in [-0.2, -0.15) is 0 Å². The third-order valence-corrected chi connectivity index (χ3v) is 4.48. The van der Waals surface area contributed by atoms with Gasteiger partial charge in [-0.25, -0.2) is 14.6 Å². The topological polar surface area (TPSA) is 89.5 Å². The van der Waals surface area contributed by atoms with Crippen LogP contribution in [0, 0.1) is 5.92 Å². The number of nitrogens with zero attached hydrogens (tertiary/aromatic N) is 3. The van der Waals surface area contributed by atoms with Crippen molar-refractivity contribution in [1.82, 2.24) is 19.8 Å². The molecule has 114 valence electrons. The van der Waals surface area contributed by atoms with Crippen molar-refractivity contribution < 1.29 is 14.7 Å². The molecule has 0 radical (unpaired) electrons. The Morgan fingerprint density at radius 1 is 1.38 bits per heavy atom. The molecular weight excluding hydrogens is 272 g/mol. The molecule has 2 aliphatic heterocycles. The molecule has 3 rings (SSSR count). The van der Waals surface area contributed by atoms with E-state index in [4.69, 9.17) is 0 Å². The number of rotatable bonds is 1. The molecule has 1 aromatic rings. The Morgan fingerprint density at radius 2 is 2.10 bits per heavy atom. The van der Waals surface area contributed by atoms with E-state index in [1.165, 1.54) is 4.90 Å². The number of imidazole rings is 1. The zero-order chi connectivity index (χ0) is 15.0. The number of fused-ring (bicyclic) bond motifs is 1. The van der Waals surface area contributed by atoms with Crippen LogP contribution in [-0.4, -0.2) is 56.0 Å². The van der Waals surface area contributed by atoms with E-state index in [1.807, 2.05) is 0 Å². The van der Waals surface area contributed by atoms with Crippen molar-refractivity contribution >= 4 is 12.0 Å². The van der Waals surface area contributed by atoms with Gasteiger partial charge in [-0.05, 0) is 18.8 Å². The first kappa shape index (κ1) is 13.9. The maximum Gasteiger partial charge on any atom is 0.326 e. The summed E-state index contributed by atoms with van der Waals surface area (Å²) < 4.78 is 0. The largest absolute Gasteiger partial charge is 0.480 e. The van der Waals surface area contributed by atoms with Crippen molar-refractivity contribution in [1.29, 1.82) is 0 Å². The number of nitrogens with one attached hydrogen (secondary N) is 1. The Bertz CT molecular complexity index is 548. The summed E-state index contributed by atoms with van der Waals surface area (Å²) in [6.07, 6.45) is 3.78. The molecule has 2 aliphatic rings. The van der Waals surface area contributed by atoms with Crippen molar-refractivity contribution in [3.63, 3.8) is 0 Å². The molecule has 0 aliphatic carbocycles. The van der Waals surface area contributed by atoms with Gasteiger partial charge in [0.05, 0.1) is 24.3 Å². The highest BCUT2D eigenvalue weighted by molar-refractivity contribution is 5.83. The van der Waals surface area contributed by atoms with Crippen LogP contribution in [0.2, 0.25) is 0 Å². The molecule has 7 nitrogen and oxygen atoms in total. The number of hydrogen-bond donors (Lipinski definition) is 2. The molecule has 21 heavy (non-hydrogen) atoms. The van der Waals surface area contributed by atoms with E-state index in [0.717, 1.165) is 24.2 Å². The number of likely N-dealkylation sites (tertiary alicyclic amines) is 1. The predicted molar refractivity (Wildman–Crippen MR) is 74.6 cm³/mol. The number of amides is 2. The van der Waals surface area contributed by atoms with E-state index < -0.39 is 12.0 Å². The first-order valence-corrected chi connectivity index (χ1v) is 7.35. The Hall–Kier alpha value is -2.05. The fourth-order valence-corrected chi connectivity index (χ4v) is 3.04. The Morgan fingerprint density at radius 3 is 2.76 bits per heavy atom. The number of carboxylic acids is 1. The van der Waals surface area contributed by atoms with Crippen LogP contribution in [-0.2, 0) is 17.8 Å². The first-order chi connectivity index (χ1) is 10.1. The number of aliphatic carboxylic acids is 1. The van der Waals surface area contributed by atoms with Gasteiger partial charge in [0, 0.05) is 19.5 Å². The molecule has 2 amide bonds. The highest BCUT2D eigenvalue weighted by atomic mass is 16.4. The van der Waals surface area contributed by atoms with E-state index in [1.54, 1.807) is 11.2 Å². The lowest BCUT2D eigenvalue weighted by Crippen LogP contribution is -2.54. The number of aromatic amines is 1. The van der Waals surface area contributed by atoms with Gasteiger partial charge < -0.3 is 19.9 Å². The van der Waals surface area contributed by atoms with E-state index in [0.29, 0.717) is 19.0 Å². The van der Waals surface area contributed by atoms with Gasteiger partial charge in [0.15, 0.2) is 0 Å². The van der Waals surface area contributed by atoms with Crippen LogP contribution in [0.1, 0.15) is 31.2 Å². The number of H-pyrrole nitrogens is 1. The molecule has 3 heterocycles. The number of piperidine rings is 1. The normalized spacial score (nSPS) is 23.0. The summed E-state index contributed by atoms with van der Waals surface area (Å²) in [6, 6.07) is -0.998. The third-order valence-electron chi connectivity index (χ3n) is 4.48. The summed E-state index contributed by atoms with van der Waals surface area (Å²) in [5.41, 5.74) is 1.59.